The van der Waals surface area contributed by atoms with Crippen molar-refractivity contribution >= 4 is 22.9 Å². The maximum absolute atomic E-state index is 4.14. The van der Waals surface area contributed by atoms with Gasteiger partial charge in [-0.25, -0.2) is 0 Å². The molecule has 0 fully saturated rings. The van der Waals surface area contributed by atoms with Gasteiger partial charge in [0.25, 0.3) is 0 Å². The summed E-state index contributed by atoms with van der Waals surface area (Å²) in [6, 6.07) is 4.85. The molecule has 2 aromatic rings. The van der Waals surface area contributed by atoms with Gasteiger partial charge in [-0.05, 0) is 50.0 Å². The van der Waals surface area contributed by atoms with Gasteiger partial charge < -0.3 is 5.32 Å². The molecule has 19 heavy (non-hydrogen) atoms. The minimum Gasteiger partial charge on any atom is -0.309 e. The van der Waals surface area contributed by atoms with Crippen LogP contribution in [0.4, 0.5) is 0 Å². The average molecular weight is 295 g/mol. The molecule has 0 aliphatic heterocycles. The lowest BCUT2D eigenvalue weighted by atomic mass is 10.1. The van der Waals surface area contributed by atoms with Crippen molar-refractivity contribution in [1.82, 2.24) is 14.9 Å². The number of hydrogen-bond donors (Lipinski definition) is 1. The zero-order valence-electron chi connectivity index (χ0n) is 11.8. The van der Waals surface area contributed by atoms with E-state index in [2.05, 4.69) is 40.9 Å². The van der Waals surface area contributed by atoms with Crippen molar-refractivity contribution in [3.8, 4) is 0 Å². The Morgan fingerprint density at radius 2 is 2.05 bits per heavy atom. The van der Waals surface area contributed by atoms with Gasteiger partial charge in [-0.3, -0.25) is 0 Å². The van der Waals surface area contributed by atoms with E-state index in [0.717, 1.165) is 31.5 Å². The standard InChI is InChI=1S/C14H21N3S2/c1-4-8-15-13(14-10(3)16-17-19-14)9-12-7-6-11(5-2)18-12/h6-7,13,15H,4-5,8-9H2,1-3H3. The van der Waals surface area contributed by atoms with Crippen LogP contribution >= 0.6 is 22.9 Å². The molecule has 3 nitrogen and oxygen atoms in total. The molecule has 1 atom stereocenters. The highest BCUT2D eigenvalue weighted by molar-refractivity contribution is 7.12. The van der Waals surface area contributed by atoms with Crippen LogP contribution in [0.15, 0.2) is 12.1 Å². The number of aromatic nitrogens is 2. The van der Waals surface area contributed by atoms with Gasteiger partial charge in [0.1, 0.15) is 0 Å². The molecule has 1 unspecified atom stereocenters. The monoisotopic (exact) mass is 295 g/mol. The van der Waals surface area contributed by atoms with Gasteiger partial charge in [0.05, 0.1) is 10.6 Å². The molecule has 0 aromatic carbocycles. The normalized spacial score (nSPS) is 12.8. The van der Waals surface area contributed by atoms with E-state index in [1.54, 1.807) is 0 Å². The third kappa shape index (κ3) is 3.84. The minimum atomic E-state index is 0.350. The third-order valence-corrected chi connectivity index (χ3v) is 5.31. The van der Waals surface area contributed by atoms with Crippen LogP contribution in [0.2, 0.25) is 0 Å². The maximum Gasteiger partial charge on any atom is 0.0772 e. The second-order valence-electron chi connectivity index (χ2n) is 4.66. The van der Waals surface area contributed by atoms with E-state index in [1.165, 1.54) is 26.2 Å². The lowest BCUT2D eigenvalue weighted by Crippen LogP contribution is -2.23. The van der Waals surface area contributed by atoms with Gasteiger partial charge in [-0.15, -0.1) is 16.4 Å². The average Bonchev–Trinajstić information content (AvgIpc) is 3.03. The molecule has 0 spiro atoms. The molecule has 2 heterocycles. The summed E-state index contributed by atoms with van der Waals surface area (Å²) in [7, 11) is 0. The van der Waals surface area contributed by atoms with Crippen LogP contribution in [0.3, 0.4) is 0 Å². The number of thiophene rings is 1. The van der Waals surface area contributed by atoms with Crippen LogP contribution < -0.4 is 5.32 Å². The highest BCUT2D eigenvalue weighted by Crippen LogP contribution is 2.27. The molecule has 104 valence electrons. The van der Waals surface area contributed by atoms with E-state index in [-0.39, 0.29) is 0 Å². The molecule has 0 saturated heterocycles. The van der Waals surface area contributed by atoms with Gasteiger partial charge in [-0.2, -0.15) is 0 Å². The fraction of sp³-hybridized carbons (Fsp3) is 0.571. The van der Waals surface area contributed by atoms with Crippen LogP contribution in [0, 0.1) is 6.92 Å². The van der Waals surface area contributed by atoms with Gasteiger partial charge in [0, 0.05) is 22.2 Å². The van der Waals surface area contributed by atoms with Crippen molar-refractivity contribution < 1.29 is 0 Å². The SMILES string of the molecule is CCCNC(Cc1ccc(CC)s1)c1snnc1C. The van der Waals surface area contributed by atoms with Crippen LogP contribution in [-0.2, 0) is 12.8 Å². The van der Waals surface area contributed by atoms with Crippen molar-refractivity contribution in [3.63, 3.8) is 0 Å². The van der Waals surface area contributed by atoms with Crippen molar-refractivity contribution in [2.24, 2.45) is 0 Å². The maximum atomic E-state index is 4.14. The Hall–Kier alpha value is -0.780. The first-order valence-corrected chi connectivity index (χ1v) is 8.43. The molecule has 2 rings (SSSR count). The predicted molar refractivity (Wildman–Crippen MR) is 83.1 cm³/mol. The molecule has 0 saturated carbocycles. The number of nitrogens with one attached hydrogen (secondary N) is 1. The zero-order chi connectivity index (χ0) is 13.7. The summed E-state index contributed by atoms with van der Waals surface area (Å²) in [6.07, 6.45) is 3.31. The first kappa shape index (κ1) is 14.6. The van der Waals surface area contributed by atoms with E-state index in [1.807, 2.05) is 18.3 Å². The molecule has 0 aliphatic rings. The summed E-state index contributed by atoms with van der Waals surface area (Å²) in [5.41, 5.74) is 1.06. The van der Waals surface area contributed by atoms with Crippen LogP contribution in [0.1, 0.15) is 46.6 Å². The quantitative estimate of drug-likeness (QED) is 0.845. The Balaban J connectivity index is 2.11. The fourth-order valence-corrected chi connectivity index (χ4v) is 3.78. The van der Waals surface area contributed by atoms with E-state index in [0.29, 0.717) is 6.04 Å². The van der Waals surface area contributed by atoms with Gasteiger partial charge in [0.2, 0.25) is 0 Å². The number of rotatable bonds is 7. The van der Waals surface area contributed by atoms with Crippen molar-refractivity contribution in [2.75, 3.05) is 6.54 Å². The first-order valence-electron chi connectivity index (χ1n) is 6.84. The Bertz CT molecular complexity index is 504. The first-order chi connectivity index (χ1) is 9.24. The summed E-state index contributed by atoms with van der Waals surface area (Å²) < 4.78 is 4.07. The molecule has 2 aromatic heterocycles. The lowest BCUT2D eigenvalue weighted by Gasteiger charge is -2.16. The molecule has 0 aliphatic carbocycles. The number of aryl methyl sites for hydroxylation is 2. The minimum absolute atomic E-state index is 0.350. The molecular weight excluding hydrogens is 274 g/mol. The van der Waals surface area contributed by atoms with Gasteiger partial charge in [-0.1, -0.05) is 18.3 Å². The Kier molecular flexibility index (Phi) is 5.48. The summed E-state index contributed by atoms with van der Waals surface area (Å²) in [5, 5.41) is 7.77. The second-order valence-corrected chi connectivity index (χ2v) is 6.69. The molecule has 0 bridgehead atoms. The Morgan fingerprint density at radius 1 is 1.26 bits per heavy atom. The van der Waals surface area contributed by atoms with Crippen molar-refractivity contribution in [2.45, 2.75) is 46.1 Å². The third-order valence-electron chi connectivity index (χ3n) is 3.11. The predicted octanol–water partition coefficient (Wildman–Crippen LogP) is 3.75. The molecule has 0 amide bonds. The molecule has 0 radical (unpaired) electrons. The largest absolute Gasteiger partial charge is 0.309 e. The Morgan fingerprint density at radius 3 is 2.63 bits per heavy atom. The number of hydrogen-bond acceptors (Lipinski definition) is 5. The highest BCUT2D eigenvalue weighted by atomic mass is 32.1. The van der Waals surface area contributed by atoms with Crippen molar-refractivity contribution in [3.05, 3.63) is 32.5 Å². The molecule has 5 heteroatoms. The fourth-order valence-electron chi connectivity index (χ4n) is 2.06. The van der Waals surface area contributed by atoms with Crippen LogP contribution in [-0.4, -0.2) is 16.1 Å². The summed E-state index contributed by atoms with van der Waals surface area (Å²) in [6.45, 7) is 7.49. The molecule has 1 N–H and O–H groups in total. The van der Waals surface area contributed by atoms with Crippen molar-refractivity contribution in [1.29, 1.82) is 0 Å². The van der Waals surface area contributed by atoms with E-state index in [9.17, 15) is 0 Å². The van der Waals surface area contributed by atoms with Crippen LogP contribution in [0.25, 0.3) is 0 Å². The zero-order valence-corrected chi connectivity index (χ0v) is 13.4. The summed E-state index contributed by atoms with van der Waals surface area (Å²) in [5.74, 6) is 0. The van der Waals surface area contributed by atoms with Crippen LogP contribution in [0.5, 0.6) is 0 Å². The second kappa shape index (κ2) is 7.12. The smallest absolute Gasteiger partial charge is 0.0772 e. The topological polar surface area (TPSA) is 37.8 Å². The lowest BCUT2D eigenvalue weighted by molar-refractivity contribution is 0.536. The Labute approximate surface area is 123 Å². The van der Waals surface area contributed by atoms with Gasteiger partial charge in [0.15, 0.2) is 0 Å². The van der Waals surface area contributed by atoms with Gasteiger partial charge >= 0.3 is 0 Å². The summed E-state index contributed by atoms with van der Waals surface area (Å²) >= 11 is 3.44. The highest BCUT2D eigenvalue weighted by Gasteiger charge is 2.18. The van der Waals surface area contributed by atoms with E-state index < -0.39 is 0 Å². The molecular formula is C14H21N3S2. The summed E-state index contributed by atoms with van der Waals surface area (Å²) in [4.78, 5) is 4.18. The number of nitrogens with zero attached hydrogens (tertiary/aromatic N) is 2. The van der Waals surface area contributed by atoms with E-state index in [4.69, 9.17) is 0 Å². The van der Waals surface area contributed by atoms with E-state index >= 15 is 0 Å².